The second-order valence-corrected chi connectivity index (χ2v) is 5.18. The zero-order valence-corrected chi connectivity index (χ0v) is 10.0. The van der Waals surface area contributed by atoms with Gasteiger partial charge in [0.25, 0.3) is 0 Å². The number of fused-ring (bicyclic) bond motifs is 1. The molecule has 1 aromatic carbocycles. The van der Waals surface area contributed by atoms with Crippen molar-refractivity contribution in [3.63, 3.8) is 0 Å². The molecule has 0 radical (unpaired) electrons. The van der Waals surface area contributed by atoms with Crippen LogP contribution in [0.25, 0.3) is 10.9 Å². The Morgan fingerprint density at radius 2 is 2.18 bits per heavy atom. The summed E-state index contributed by atoms with van der Waals surface area (Å²) < 4.78 is 2.14. The molecule has 1 fully saturated rings. The summed E-state index contributed by atoms with van der Waals surface area (Å²) in [6, 6.07) is 8.80. The van der Waals surface area contributed by atoms with Crippen molar-refractivity contribution >= 4 is 10.9 Å². The Morgan fingerprint density at radius 1 is 1.29 bits per heavy atom. The zero-order chi connectivity index (χ0) is 11.7. The van der Waals surface area contributed by atoms with Crippen LogP contribution >= 0.6 is 0 Å². The summed E-state index contributed by atoms with van der Waals surface area (Å²) in [5.41, 5.74) is 7.28. The summed E-state index contributed by atoms with van der Waals surface area (Å²) in [7, 11) is 0. The first kappa shape index (κ1) is 10.8. The van der Waals surface area contributed by atoms with E-state index in [4.69, 9.17) is 5.73 Å². The highest BCUT2D eigenvalue weighted by atomic mass is 15.3. The summed E-state index contributed by atoms with van der Waals surface area (Å²) in [5, 5.41) is 5.72. The fraction of sp³-hybridized carbons (Fsp3) is 0.500. The van der Waals surface area contributed by atoms with Crippen LogP contribution in [0.2, 0.25) is 0 Å². The van der Waals surface area contributed by atoms with Gasteiger partial charge >= 0.3 is 0 Å². The normalized spacial score (nSPS) is 25.2. The van der Waals surface area contributed by atoms with E-state index in [9.17, 15) is 0 Å². The van der Waals surface area contributed by atoms with Gasteiger partial charge in [0.1, 0.15) is 0 Å². The van der Waals surface area contributed by atoms with E-state index >= 15 is 0 Å². The molecule has 2 atom stereocenters. The highest BCUT2D eigenvalue weighted by Gasteiger charge is 2.20. The van der Waals surface area contributed by atoms with Gasteiger partial charge in [-0.2, -0.15) is 5.10 Å². The van der Waals surface area contributed by atoms with E-state index in [2.05, 4.69) is 34.0 Å². The lowest BCUT2D eigenvalue weighted by Gasteiger charge is -2.26. The fourth-order valence-corrected chi connectivity index (χ4v) is 2.91. The van der Waals surface area contributed by atoms with Crippen molar-refractivity contribution in [1.82, 2.24) is 9.78 Å². The van der Waals surface area contributed by atoms with Crippen molar-refractivity contribution < 1.29 is 0 Å². The Morgan fingerprint density at radius 3 is 3.06 bits per heavy atom. The van der Waals surface area contributed by atoms with E-state index in [0.717, 1.165) is 13.0 Å². The van der Waals surface area contributed by atoms with Crippen molar-refractivity contribution in [2.24, 2.45) is 11.7 Å². The number of benzene rings is 1. The number of hydrogen-bond acceptors (Lipinski definition) is 2. The third-order valence-corrected chi connectivity index (χ3v) is 3.81. The number of nitrogens with two attached hydrogens (primary N) is 1. The number of aromatic nitrogens is 2. The van der Waals surface area contributed by atoms with Crippen LogP contribution in [0.15, 0.2) is 30.5 Å². The van der Waals surface area contributed by atoms with Gasteiger partial charge < -0.3 is 5.73 Å². The van der Waals surface area contributed by atoms with E-state index in [0.29, 0.717) is 12.0 Å². The molecule has 2 aromatic rings. The van der Waals surface area contributed by atoms with Gasteiger partial charge in [0.2, 0.25) is 0 Å². The van der Waals surface area contributed by atoms with Crippen LogP contribution in [-0.4, -0.2) is 15.8 Å². The maximum absolute atomic E-state index is 6.04. The Balaban J connectivity index is 1.80. The Bertz CT molecular complexity index is 503. The van der Waals surface area contributed by atoms with Crippen LogP contribution in [0, 0.1) is 5.92 Å². The molecule has 1 heterocycles. The molecule has 3 rings (SSSR count). The lowest BCUT2D eigenvalue weighted by molar-refractivity contribution is 0.285. The standard InChI is InChI=1S/C14H19N3/c15-13-6-3-4-11(8-13)10-17-14-7-2-1-5-12(14)9-16-17/h1-2,5,7,9,11,13H,3-4,6,8,10,15H2. The minimum Gasteiger partial charge on any atom is -0.328 e. The summed E-state index contributed by atoms with van der Waals surface area (Å²) in [6.07, 6.45) is 6.86. The highest BCUT2D eigenvalue weighted by Crippen LogP contribution is 2.25. The Labute approximate surface area is 102 Å². The average molecular weight is 229 g/mol. The van der Waals surface area contributed by atoms with Crippen molar-refractivity contribution in [3.8, 4) is 0 Å². The van der Waals surface area contributed by atoms with E-state index in [1.807, 2.05) is 6.20 Å². The quantitative estimate of drug-likeness (QED) is 0.860. The second-order valence-electron chi connectivity index (χ2n) is 5.18. The summed E-state index contributed by atoms with van der Waals surface area (Å²) in [5.74, 6) is 0.696. The van der Waals surface area contributed by atoms with Gasteiger partial charge in [0.05, 0.1) is 11.7 Å². The number of para-hydroxylation sites is 1. The molecule has 17 heavy (non-hydrogen) atoms. The van der Waals surface area contributed by atoms with Crippen molar-refractivity contribution in [2.75, 3.05) is 0 Å². The predicted molar refractivity (Wildman–Crippen MR) is 69.7 cm³/mol. The number of rotatable bonds is 2. The largest absolute Gasteiger partial charge is 0.328 e. The van der Waals surface area contributed by atoms with Crippen molar-refractivity contribution in [3.05, 3.63) is 30.5 Å². The van der Waals surface area contributed by atoms with Gasteiger partial charge in [0, 0.05) is 18.0 Å². The van der Waals surface area contributed by atoms with Gasteiger partial charge in [-0.15, -0.1) is 0 Å². The Kier molecular flexibility index (Phi) is 2.85. The molecule has 2 N–H and O–H groups in total. The lowest BCUT2D eigenvalue weighted by atomic mass is 9.86. The van der Waals surface area contributed by atoms with Crippen LogP contribution < -0.4 is 5.73 Å². The molecule has 0 aliphatic heterocycles. The third kappa shape index (κ3) is 2.20. The van der Waals surface area contributed by atoms with E-state index in [1.54, 1.807) is 0 Å². The topological polar surface area (TPSA) is 43.8 Å². The predicted octanol–water partition coefficient (Wildman–Crippen LogP) is 2.55. The molecule has 1 aliphatic carbocycles. The second kappa shape index (κ2) is 4.49. The molecule has 0 amide bonds. The van der Waals surface area contributed by atoms with Crippen LogP contribution in [-0.2, 0) is 6.54 Å². The molecular formula is C14H19N3. The molecule has 90 valence electrons. The molecular weight excluding hydrogens is 210 g/mol. The molecule has 0 spiro atoms. The minimum absolute atomic E-state index is 0.399. The summed E-state index contributed by atoms with van der Waals surface area (Å²) in [6.45, 7) is 1.02. The fourth-order valence-electron chi connectivity index (χ4n) is 2.91. The van der Waals surface area contributed by atoms with E-state index in [-0.39, 0.29) is 0 Å². The van der Waals surface area contributed by atoms with Crippen molar-refractivity contribution in [2.45, 2.75) is 38.3 Å². The van der Waals surface area contributed by atoms with Gasteiger partial charge in [-0.3, -0.25) is 4.68 Å². The monoisotopic (exact) mass is 229 g/mol. The summed E-state index contributed by atoms with van der Waals surface area (Å²) >= 11 is 0. The van der Waals surface area contributed by atoms with Gasteiger partial charge in [0.15, 0.2) is 0 Å². The van der Waals surface area contributed by atoms with Crippen LogP contribution in [0.1, 0.15) is 25.7 Å². The SMILES string of the molecule is NC1CCCC(Cn2ncc3ccccc32)C1. The maximum atomic E-state index is 6.04. The molecule has 3 heteroatoms. The first-order chi connectivity index (χ1) is 8.33. The molecule has 3 nitrogen and oxygen atoms in total. The van der Waals surface area contributed by atoms with Crippen LogP contribution in [0.5, 0.6) is 0 Å². The molecule has 1 aromatic heterocycles. The smallest absolute Gasteiger partial charge is 0.0682 e. The van der Waals surface area contributed by atoms with Gasteiger partial charge in [-0.1, -0.05) is 24.6 Å². The maximum Gasteiger partial charge on any atom is 0.0682 e. The van der Waals surface area contributed by atoms with E-state index < -0.39 is 0 Å². The average Bonchev–Trinajstić information content (AvgIpc) is 2.73. The molecule has 1 aliphatic rings. The molecule has 1 saturated carbocycles. The molecule has 0 saturated heterocycles. The van der Waals surface area contributed by atoms with Gasteiger partial charge in [-0.25, -0.2) is 0 Å². The Hall–Kier alpha value is -1.35. The molecule has 2 unspecified atom stereocenters. The van der Waals surface area contributed by atoms with Crippen LogP contribution in [0.3, 0.4) is 0 Å². The number of nitrogens with zero attached hydrogens (tertiary/aromatic N) is 2. The van der Waals surface area contributed by atoms with Crippen LogP contribution in [0.4, 0.5) is 0 Å². The molecule has 0 bridgehead atoms. The van der Waals surface area contributed by atoms with E-state index in [1.165, 1.54) is 30.2 Å². The zero-order valence-electron chi connectivity index (χ0n) is 10.0. The first-order valence-electron chi connectivity index (χ1n) is 6.49. The van der Waals surface area contributed by atoms with Gasteiger partial charge in [-0.05, 0) is 31.2 Å². The van der Waals surface area contributed by atoms with Crippen molar-refractivity contribution in [1.29, 1.82) is 0 Å². The lowest BCUT2D eigenvalue weighted by Crippen LogP contribution is -2.29. The first-order valence-corrected chi connectivity index (χ1v) is 6.49. The highest BCUT2D eigenvalue weighted by molar-refractivity contribution is 5.78. The summed E-state index contributed by atoms with van der Waals surface area (Å²) in [4.78, 5) is 0. The third-order valence-electron chi connectivity index (χ3n) is 3.81. The minimum atomic E-state index is 0.399. The number of hydrogen-bond donors (Lipinski definition) is 1.